The van der Waals surface area contributed by atoms with Gasteiger partial charge in [-0.2, -0.15) is 0 Å². The van der Waals surface area contributed by atoms with Gasteiger partial charge in [-0.15, -0.1) is 0 Å². The standard InChI is InChI=1S/C59H49N3O2/c1-38(44-27-25-40-13-3-5-17-46(40)33-44)60-58-48-19-11-20-49(35-48)59(61-39(2)45-28-26-41-14-4-6-18-47(41)34-45)57-53-24-10-8-16-43(53)30-32-55(57)64-37-51-22-12-21-50(62-51)36-63-54-31-29-42-15-7-9-23-52(42)56(54)58/h3-35,38-39,58-61H,36-37H2,1-2H3/t38-,39-,58?,59?/m0/s1. The number of fused-ring (bicyclic) bond motifs is 12. The van der Waals surface area contributed by atoms with Crippen molar-refractivity contribution in [3.63, 3.8) is 0 Å². The number of nitrogens with one attached hydrogen (secondary N) is 2. The Morgan fingerprint density at radius 3 is 1.30 bits per heavy atom. The highest BCUT2D eigenvalue weighted by molar-refractivity contribution is 5.90. The van der Waals surface area contributed by atoms with Gasteiger partial charge in [0.1, 0.15) is 24.7 Å². The van der Waals surface area contributed by atoms with E-state index >= 15 is 0 Å². The van der Waals surface area contributed by atoms with Crippen molar-refractivity contribution in [2.75, 3.05) is 0 Å². The highest BCUT2D eigenvalue weighted by atomic mass is 16.5. The lowest BCUT2D eigenvalue weighted by atomic mass is 9.87. The average Bonchev–Trinajstić information content (AvgIpc) is 3.35. The summed E-state index contributed by atoms with van der Waals surface area (Å²) in [6, 6.07) is 71.3. The summed E-state index contributed by atoms with van der Waals surface area (Å²) in [5.74, 6) is 1.64. The fourth-order valence-electron chi connectivity index (χ4n) is 9.65. The molecule has 64 heavy (non-hydrogen) atoms. The van der Waals surface area contributed by atoms with Gasteiger partial charge in [-0.1, -0.05) is 164 Å². The van der Waals surface area contributed by atoms with Crippen molar-refractivity contribution in [1.29, 1.82) is 0 Å². The summed E-state index contributed by atoms with van der Waals surface area (Å²) in [7, 11) is 0. The molecular weight excluding hydrogens is 783 g/mol. The number of hydrogen-bond donors (Lipinski definition) is 2. The Morgan fingerprint density at radius 1 is 0.406 bits per heavy atom. The van der Waals surface area contributed by atoms with Crippen molar-refractivity contribution in [3.05, 3.63) is 245 Å². The molecule has 0 fully saturated rings. The third-order valence-electron chi connectivity index (χ3n) is 13.0. The molecule has 0 aliphatic carbocycles. The van der Waals surface area contributed by atoms with Gasteiger partial charge < -0.3 is 9.47 Å². The summed E-state index contributed by atoms with van der Waals surface area (Å²) in [6.07, 6.45) is 0. The topological polar surface area (TPSA) is 55.4 Å². The Kier molecular flexibility index (Phi) is 10.6. The van der Waals surface area contributed by atoms with Crippen LogP contribution in [0.15, 0.2) is 200 Å². The van der Waals surface area contributed by atoms with Crippen LogP contribution in [0.2, 0.25) is 0 Å². The maximum absolute atomic E-state index is 6.88. The Labute approximate surface area is 374 Å². The van der Waals surface area contributed by atoms with Gasteiger partial charge in [0.15, 0.2) is 0 Å². The lowest BCUT2D eigenvalue weighted by Gasteiger charge is -2.31. The van der Waals surface area contributed by atoms with Crippen LogP contribution in [0.1, 0.15) is 82.8 Å². The van der Waals surface area contributed by atoms with Crippen LogP contribution in [-0.4, -0.2) is 4.98 Å². The van der Waals surface area contributed by atoms with Gasteiger partial charge >= 0.3 is 0 Å². The maximum atomic E-state index is 6.88. The van der Waals surface area contributed by atoms with Gasteiger partial charge in [0, 0.05) is 23.2 Å². The molecule has 0 saturated heterocycles. The molecule has 0 saturated carbocycles. The first-order valence-electron chi connectivity index (χ1n) is 22.4. The first-order chi connectivity index (χ1) is 31.5. The van der Waals surface area contributed by atoms with Gasteiger partial charge in [-0.05, 0) is 116 Å². The smallest absolute Gasteiger partial charge is 0.130 e. The van der Waals surface area contributed by atoms with E-state index in [1.54, 1.807) is 0 Å². The highest BCUT2D eigenvalue weighted by Crippen LogP contribution is 2.42. The zero-order valence-corrected chi connectivity index (χ0v) is 36.0. The Balaban J connectivity index is 1.13. The summed E-state index contributed by atoms with van der Waals surface area (Å²) in [6.45, 7) is 5.16. The molecule has 1 aliphatic heterocycles. The highest BCUT2D eigenvalue weighted by Gasteiger charge is 2.28. The second-order valence-corrected chi connectivity index (χ2v) is 17.1. The van der Waals surface area contributed by atoms with Crippen LogP contribution in [0.5, 0.6) is 11.5 Å². The molecular formula is C59H49N3O2. The maximum Gasteiger partial charge on any atom is 0.130 e. The monoisotopic (exact) mass is 831 g/mol. The molecule has 1 aliphatic rings. The molecule has 11 rings (SSSR count). The van der Waals surface area contributed by atoms with E-state index in [-0.39, 0.29) is 24.2 Å². The lowest BCUT2D eigenvalue weighted by molar-refractivity contribution is 0.285. The molecule has 2 N–H and O–H groups in total. The third-order valence-corrected chi connectivity index (χ3v) is 13.0. The van der Waals surface area contributed by atoms with Gasteiger partial charge in [0.25, 0.3) is 0 Å². The number of benzene rings is 9. The van der Waals surface area contributed by atoms with E-state index in [9.17, 15) is 0 Å². The number of rotatable bonds is 6. The molecule has 2 unspecified atom stereocenters. The number of aromatic nitrogens is 1. The van der Waals surface area contributed by atoms with Crippen LogP contribution >= 0.6 is 0 Å². The Hall–Kier alpha value is -7.31. The minimum absolute atomic E-state index is 0.0195. The molecule has 312 valence electrons. The van der Waals surface area contributed by atoms with E-state index in [0.29, 0.717) is 13.2 Å². The minimum Gasteiger partial charge on any atom is -0.487 e. The molecule has 5 heteroatoms. The quantitative estimate of drug-likeness (QED) is 0.175. The van der Waals surface area contributed by atoms with Gasteiger partial charge in [0.05, 0.1) is 23.5 Å². The molecule has 5 nitrogen and oxygen atoms in total. The van der Waals surface area contributed by atoms with E-state index in [0.717, 1.165) is 66.7 Å². The number of pyridine rings is 1. The second-order valence-electron chi connectivity index (χ2n) is 17.1. The fraction of sp³-hybridized carbons (Fsp3) is 0.136. The molecule has 2 heterocycles. The largest absolute Gasteiger partial charge is 0.487 e. The van der Waals surface area contributed by atoms with E-state index in [1.807, 2.05) is 18.2 Å². The van der Waals surface area contributed by atoms with Crippen LogP contribution in [0.4, 0.5) is 0 Å². The van der Waals surface area contributed by atoms with Crippen molar-refractivity contribution < 1.29 is 9.47 Å². The summed E-state index contributed by atoms with van der Waals surface area (Å²) < 4.78 is 13.8. The average molecular weight is 832 g/mol. The molecule has 0 radical (unpaired) electrons. The molecule has 10 aromatic rings. The summed E-state index contributed by atoms with van der Waals surface area (Å²) in [5, 5.41) is 17.8. The summed E-state index contributed by atoms with van der Waals surface area (Å²) >= 11 is 0. The van der Waals surface area contributed by atoms with E-state index in [4.69, 9.17) is 14.5 Å². The first kappa shape index (κ1) is 39.5. The van der Waals surface area contributed by atoms with Gasteiger partial charge in [0.2, 0.25) is 0 Å². The van der Waals surface area contributed by atoms with Crippen molar-refractivity contribution in [3.8, 4) is 11.5 Å². The fourth-order valence-corrected chi connectivity index (χ4v) is 9.65. The van der Waals surface area contributed by atoms with Crippen LogP contribution in [-0.2, 0) is 13.2 Å². The van der Waals surface area contributed by atoms with Crippen LogP contribution in [0.3, 0.4) is 0 Å². The predicted molar refractivity (Wildman–Crippen MR) is 262 cm³/mol. The minimum atomic E-state index is -0.267. The predicted octanol–water partition coefficient (Wildman–Crippen LogP) is 14.0. The van der Waals surface area contributed by atoms with Crippen molar-refractivity contribution in [2.45, 2.75) is 51.2 Å². The van der Waals surface area contributed by atoms with Crippen LogP contribution in [0.25, 0.3) is 43.1 Å². The zero-order chi connectivity index (χ0) is 43.0. The van der Waals surface area contributed by atoms with Crippen molar-refractivity contribution >= 4 is 43.1 Å². The normalized spacial score (nSPS) is 16.1. The summed E-state index contributed by atoms with van der Waals surface area (Å²) in [5.41, 5.74) is 8.55. The molecule has 0 spiro atoms. The van der Waals surface area contributed by atoms with Gasteiger partial charge in [-0.25, -0.2) is 0 Å². The third kappa shape index (κ3) is 7.74. The molecule has 1 aromatic heterocycles. The first-order valence-corrected chi connectivity index (χ1v) is 22.4. The zero-order valence-electron chi connectivity index (χ0n) is 36.0. The number of hydrogen-bond acceptors (Lipinski definition) is 5. The molecule has 0 amide bonds. The SMILES string of the molecule is C[C@H](NC1c2cccc(c2)C(N[C@@H](C)c2ccc3ccccc3c2)c2c(ccc3ccccc23)OCc2cccc(n2)COc2ccc3ccccc3c21)c1ccc2ccccc2c1. The molecule has 4 atom stereocenters. The van der Waals surface area contributed by atoms with E-state index in [2.05, 4.69) is 206 Å². The molecule has 9 aromatic carbocycles. The summed E-state index contributed by atoms with van der Waals surface area (Å²) in [4.78, 5) is 5.08. The lowest BCUT2D eigenvalue weighted by Crippen LogP contribution is -2.28. The Morgan fingerprint density at radius 2 is 0.812 bits per heavy atom. The number of nitrogens with zero attached hydrogens (tertiary/aromatic N) is 1. The van der Waals surface area contributed by atoms with Crippen LogP contribution in [0, 0.1) is 0 Å². The number of ether oxygens (including phenoxy) is 2. The van der Waals surface area contributed by atoms with E-state index in [1.165, 1.54) is 32.7 Å². The second kappa shape index (κ2) is 17.1. The van der Waals surface area contributed by atoms with Gasteiger partial charge in [-0.3, -0.25) is 15.6 Å². The van der Waals surface area contributed by atoms with Crippen molar-refractivity contribution in [1.82, 2.24) is 15.6 Å². The van der Waals surface area contributed by atoms with Crippen molar-refractivity contribution in [2.24, 2.45) is 0 Å². The Bertz CT molecular complexity index is 3110. The molecule has 4 bridgehead atoms. The van der Waals surface area contributed by atoms with E-state index < -0.39 is 0 Å². The van der Waals surface area contributed by atoms with Crippen LogP contribution < -0.4 is 20.1 Å².